The molecule has 2 N–H and O–H groups in total. The van der Waals surface area contributed by atoms with Gasteiger partial charge in [-0.1, -0.05) is 0 Å². The normalized spacial score (nSPS) is 10.6. The maximum absolute atomic E-state index is 12.2. The maximum Gasteiger partial charge on any atom is 0.346 e. The van der Waals surface area contributed by atoms with E-state index in [2.05, 4.69) is 20.3 Å². The second-order valence-electron chi connectivity index (χ2n) is 4.65. The van der Waals surface area contributed by atoms with Crippen LogP contribution in [0.25, 0.3) is 10.8 Å². The Balaban J connectivity index is 1.82. The number of furan rings is 1. The molecule has 0 fully saturated rings. The van der Waals surface area contributed by atoms with E-state index in [1.165, 1.54) is 17.5 Å². The quantitative estimate of drug-likeness (QED) is 0.772. The molecule has 3 rings (SSSR count). The number of amides is 1. The average molecular weight is 316 g/mol. The fraction of sp³-hybridized carbons (Fsp3) is 0.143. The molecular formula is C14H12N4O3S. The number of thiazole rings is 1. The number of aromatic amines is 1. The maximum atomic E-state index is 12.2. The van der Waals surface area contributed by atoms with Crippen molar-refractivity contribution in [1.82, 2.24) is 15.0 Å². The van der Waals surface area contributed by atoms with E-state index in [0.29, 0.717) is 22.1 Å². The summed E-state index contributed by atoms with van der Waals surface area (Å²) in [5, 5.41) is 4.88. The van der Waals surface area contributed by atoms with Gasteiger partial charge >= 0.3 is 5.69 Å². The Morgan fingerprint density at radius 1 is 1.36 bits per heavy atom. The van der Waals surface area contributed by atoms with E-state index in [1.807, 2.05) is 13.0 Å². The van der Waals surface area contributed by atoms with Gasteiger partial charge in [-0.05, 0) is 26.0 Å². The van der Waals surface area contributed by atoms with Crippen LogP contribution in [0.2, 0.25) is 0 Å². The van der Waals surface area contributed by atoms with Gasteiger partial charge in [-0.2, -0.15) is 0 Å². The monoisotopic (exact) mass is 316 g/mol. The second-order valence-corrected chi connectivity index (χ2v) is 5.51. The first-order valence-electron chi connectivity index (χ1n) is 6.42. The molecule has 112 valence electrons. The largest absolute Gasteiger partial charge is 0.459 e. The molecule has 0 spiro atoms. The van der Waals surface area contributed by atoms with E-state index in [0.717, 1.165) is 5.76 Å². The zero-order valence-electron chi connectivity index (χ0n) is 11.8. The van der Waals surface area contributed by atoms with Crippen LogP contribution in [0.3, 0.4) is 0 Å². The SMILES string of the molecule is Cc1ccc(-c2nc(C(=O)Nc3[nH]c(=O)ncc3C)cs2)o1. The number of carbonyl (C=O) groups excluding carboxylic acids is 1. The summed E-state index contributed by atoms with van der Waals surface area (Å²) in [4.78, 5) is 33.7. The number of aromatic nitrogens is 3. The summed E-state index contributed by atoms with van der Waals surface area (Å²) in [6.45, 7) is 3.57. The molecule has 0 atom stereocenters. The van der Waals surface area contributed by atoms with Crippen molar-refractivity contribution in [3.63, 3.8) is 0 Å². The van der Waals surface area contributed by atoms with Crippen LogP contribution in [0.4, 0.5) is 5.82 Å². The molecule has 0 aliphatic rings. The summed E-state index contributed by atoms with van der Waals surface area (Å²) in [6, 6.07) is 3.64. The predicted octanol–water partition coefficient (Wildman–Crippen LogP) is 2.36. The number of nitrogens with one attached hydrogen (secondary N) is 2. The van der Waals surface area contributed by atoms with Crippen LogP contribution in [0.1, 0.15) is 21.8 Å². The lowest BCUT2D eigenvalue weighted by Crippen LogP contribution is -2.19. The molecular weight excluding hydrogens is 304 g/mol. The second kappa shape index (κ2) is 5.57. The standard InChI is InChI=1S/C14H12N4O3S/c1-7-5-15-14(20)18-11(7)17-12(19)9-6-22-13(16-9)10-4-3-8(2)21-10/h3-6H,1-2H3,(H2,15,17,18,19,20). The molecule has 8 heteroatoms. The lowest BCUT2D eigenvalue weighted by atomic mass is 10.3. The van der Waals surface area contributed by atoms with Crippen LogP contribution < -0.4 is 11.0 Å². The van der Waals surface area contributed by atoms with E-state index in [9.17, 15) is 9.59 Å². The van der Waals surface area contributed by atoms with Crippen molar-refractivity contribution in [2.24, 2.45) is 0 Å². The average Bonchev–Trinajstić information content (AvgIpc) is 3.11. The van der Waals surface area contributed by atoms with Gasteiger partial charge in [-0.3, -0.25) is 9.78 Å². The molecule has 3 aromatic heterocycles. The number of hydrogen-bond acceptors (Lipinski definition) is 6. The molecule has 1 amide bonds. The Morgan fingerprint density at radius 2 is 2.18 bits per heavy atom. The lowest BCUT2D eigenvalue weighted by molar-refractivity contribution is 0.102. The highest BCUT2D eigenvalue weighted by molar-refractivity contribution is 7.13. The van der Waals surface area contributed by atoms with E-state index in [1.54, 1.807) is 18.4 Å². The predicted molar refractivity (Wildman–Crippen MR) is 82.1 cm³/mol. The highest BCUT2D eigenvalue weighted by Crippen LogP contribution is 2.25. The van der Waals surface area contributed by atoms with Crippen LogP contribution in [-0.4, -0.2) is 20.9 Å². The van der Waals surface area contributed by atoms with Gasteiger partial charge in [0.1, 0.15) is 17.3 Å². The molecule has 0 unspecified atom stereocenters. The van der Waals surface area contributed by atoms with E-state index in [4.69, 9.17) is 4.42 Å². The number of carbonyl (C=O) groups is 1. The fourth-order valence-corrected chi connectivity index (χ4v) is 2.57. The van der Waals surface area contributed by atoms with Crippen molar-refractivity contribution in [3.05, 3.63) is 51.2 Å². The van der Waals surface area contributed by atoms with Crippen LogP contribution in [-0.2, 0) is 0 Å². The molecule has 22 heavy (non-hydrogen) atoms. The summed E-state index contributed by atoms with van der Waals surface area (Å²) in [5.74, 6) is 1.31. The number of rotatable bonds is 3. The smallest absolute Gasteiger partial charge is 0.346 e. The minimum atomic E-state index is -0.522. The zero-order valence-corrected chi connectivity index (χ0v) is 12.7. The summed E-state index contributed by atoms with van der Waals surface area (Å²) in [7, 11) is 0. The van der Waals surface area contributed by atoms with E-state index < -0.39 is 11.6 Å². The van der Waals surface area contributed by atoms with Crippen molar-refractivity contribution in [1.29, 1.82) is 0 Å². The van der Waals surface area contributed by atoms with Gasteiger partial charge in [0.05, 0.1) is 0 Å². The number of anilines is 1. The van der Waals surface area contributed by atoms with Crippen molar-refractivity contribution in [3.8, 4) is 10.8 Å². The Kier molecular flexibility index (Phi) is 3.60. The van der Waals surface area contributed by atoms with Crippen LogP contribution in [0.5, 0.6) is 0 Å². The molecule has 0 saturated heterocycles. The van der Waals surface area contributed by atoms with Crippen LogP contribution in [0.15, 0.2) is 32.9 Å². The molecule has 0 aromatic carbocycles. The van der Waals surface area contributed by atoms with Gasteiger partial charge in [-0.25, -0.2) is 14.8 Å². The number of nitrogens with zero attached hydrogens (tertiary/aromatic N) is 2. The van der Waals surface area contributed by atoms with Gasteiger partial charge < -0.3 is 9.73 Å². The Morgan fingerprint density at radius 3 is 2.91 bits per heavy atom. The molecule has 0 bridgehead atoms. The third kappa shape index (κ3) is 2.82. The summed E-state index contributed by atoms with van der Waals surface area (Å²) in [5.41, 5.74) is 0.391. The minimum Gasteiger partial charge on any atom is -0.459 e. The Bertz CT molecular complexity index is 893. The third-order valence-corrected chi connectivity index (χ3v) is 3.79. The molecule has 3 aromatic rings. The molecule has 0 radical (unpaired) electrons. The first kappa shape index (κ1) is 14.2. The van der Waals surface area contributed by atoms with Gasteiger partial charge in [0.25, 0.3) is 5.91 Å². The molecule has 7 nitrogen and oxygen atoms in total. The van der Waals surface area contributed by atoms with Gasteiger partial charge in [0.2, 0.25) is 0 Å². The lowest BCUT2D eigenvalue weighted by Gasteiger charge is -2.05. The molecule has 3 heterocycles. The summed E-state index contributed by atoms with van der Waals surface area (Å²) in [6.07, 6.45) is 1.40. The van der Waals surface area contributed by atoms with Crippen molar-refractivity contribution >= 4 is 23.1 Å². The van der Waals surface area contributed by atoms with Crippen molar-refractivity contribution < 1.29 is 9.21 Å². The van der Waals surface area contributed by atoms with Crippen LogP contribution >= 0.6 is 11.3 Å². The number of hydrogen-bond donors (Lipinski definition) is 2. The van der Waals surface area contributed by atoms with Gasteiger partial charge in [0, 0.05) is 17.1 Å². The zero-order chi connectivity index (χ0) is 15.7. The topological polar surface area (TPSA) is 101 Å². The molecule has 0 aliphatic heterocycles. The fourth-order valence-electron chi connectivity index (χ4n) is 1.81. The highest BCUT2D eigenvalue weighted by Gasteiger charge is 2.15. The number of H-pyrrole nitrogens is 1. The van der Waals surface area contributed by atoms with Crippen molar-refractivity contribution in [2.75, 3.05) is 5.32 Å². The van der Waals surface area contributed by atoms with Crippen LogP contribution in [0, 0.1) is 13.8 Å². The summed E-state index contributed by atoms with van der Waals surface area (Å²) >= 11 is 1.31. The highest BCUT2D eigenvalue weighted by atomic mass is 32.1. The van der Waals surface area contributed by atoms with Gasteiger partial charge in [-0.15, -0.1) is 11.3 Å². The minimum absolute atomic E-state index is 0.256. The van der Waals surface area contributed by atoms with Crippen molar-refractivity contribution in [2.45, 2.75) is 13.8 Å². The van der Waals surface area contributed by atoms with E-state index in [-0.39, 0.29) is 5.69 Å². The van der Waals surface area contributed by atoms with E-state index >= 15 is 0 Å². The summed E-state index contributed by atoms with van der Waals surface area (Å²) < 4.78 is 5.48. The number of aryl methyl sites for hydroxylation is 2. The third-order valence-electron chi connectivity index (χ3n) is 2.93. The Hall–Kier alpha value is -2.74. The Labute approximate surface area is 129 Å². The molecule has 0 aliphatic carbocycles. The van der Waals surface area contributed by atoms with Gasteiger partial charge in [0.15, 0.2) is 10.8 Å². The first-order chi connectivity index (χ1) is 10.5. The molecule has 0 saturated carbocycles. The first-order valence-corrected chi connectivity index (χ1v) is 7.30.